The Morgan fingerprint density at radius 2 is 1.85 bits per heavy atom. The fourth-order valence-corrected chi connectivity index (χ4v) is 3.64. The Morgan fingerprint density at radius 1 is 1.07 bits per heavy atom. The van der Waals surface area contributed by atoms with E-state index in [9.17, 15) is 4.79 Å². The number of anilines is 1. The second-order valence-corrected chi connectivity index (χ2v) is 6.99. The number of carbonyl (C=O) groups excluding carboxylic acids is 1. The number of hydrazine groups is 1. The third kappa shape index (κ3) is 2.48. The quantitative estimate of drug-likeness (QED) is 0.420. The summed E-state index contributed by atoms with van der Waals surface area (Å²) in [6.45, 7) is 0. The number of amides is 1. The molecule has 1 aliphatic heterocycles. The molecule has 2 unspecified atom stereocenters. The molecule has 0 saturated carbocycles. The first-order valence-electron chi connectivity index (χ1n) is 8.09. The van der Waals surface area contributed by atoms with Gasteiger partial charge >= 0.3 is 0 Å². The summed E-state index contributed by atoms with van der Waals surface area (Å²) in [5.74, 6) is 0.117. The highest BCUT2D eigenvalue weighted by Gasteiger charge is 2.48. The van der Waals surface area contributed by atoms with E-state index >= 15 is 0 Å². The van der Waals surface area contributed by atoms with E-state index in [0.717, 1.165) is 11.1 Å². The van der Waals surface area contributed by atoms with Crippen LogP contribution in [0, 0.1) is 0 Å². The lowest BCUT2D eigenvalue weighted by Crippen LogP contribution is -2.58. The Bertz CT molecular complexity index is 1180. The van der Waals surface area contributed by atoms with Crippen LogP contribution in [0.1, 0.15) is 11.6 Å². The van der Waals surface area contributed by atoms with Crippen LogP contribution in [0.25, 0.3) is 16.7 Å². The van der Waals surface area contributed by atoms with E-state index in [-0.39, 0.29) is 11.9 Å². The molecule has 134 valence electrons. The van der Waals surface area contributed by atoms with Gasteiger partial charge in [0, 0.05) is 5.02 Å². The first-order chi connectivity index (χ1) is 13.1. The molecule has 1 amide bonds. The van der Waals surface area contributed by atoms with E-state index < -0.39 is 5.38 Å². The largest absolute Gasteiger partial charge is 0.275 e. The SMILES string of the molecule is O=C1C(Cl)C(c2ccc(Cl)cc2)N1Nc1nc2ccccc2n2nnnc12. The molecule has 5 rings (SSSR count). The normalized spacial score (nSPS) is 19.5. The molecule has 2 aromatic carbocycles. The molecule has 0 bridgehead atoms. The van der Waals surface area contributed by atoms with Gasteiger partial charge in [0.15, 0.2) is 5.82 Å². The zero-order chi connectivity index (χ0) is 18.5. The number of alkyl halides is 1. The molecule has 1 N–H and O–H groups in total. The Hall–Kier alpha value is -2.97. The highest BCUT2D eigenvalue weighted by molar-refractivity contribution is 6.34. The first kappa shape index (κ1) is 16.2. The number of rotatable bonds is 3. The number of nitrogens with zero attached hydrogens (tertiary/aromatic N) is 6. The molecular weight excluding hydrogens is 389 g/mol. The fraction of sp³-hybridized carbons (Fsp3) is 0.118. The van der Waals surface area contributed by atoms with Gasteiger partial charge in [-0.1, -0.05) is 35.9 Å². The molecule has 1 aliphatic rings. The lowest BCUT2D eigenvalue weighted by atomic mass is 9.95. The van der Waals surface area contributed by atoms with Crippen molar-refractivity contribution < 1.29 is 4.79 Å². The lowest BCUT2D eigenvalue weighted by molar-refractivity contribution is -0.143. The fourth-order valence-electron chi connectivity index (χ4n) is 3.15. The average Bonchev–Trinajstić information content (AvgIpc) is 3.19. The first-order valence-corrected chi connectivity index (χ1v) is 8.91. The van der Waals surface area contributed by atoms with Gasteiger partial charge < -0.3 is 0 Å². The molecule has 3 heterocycles. The predicted octanol–water partition coefficient (Wildman–Crippen LogP) is 2.84. The van der Waals surface area contributed by atoms with Gasteiger partial charge in [0.1, 0.15) is 11.4 Å². The van der Waals surface area contributed by atoms with Gasteiger partial charge in [-0.15, -0.1) is 16.7 Å². The highest BCUT2D eigenvalue weighted by Crippen LogP contribution is 2.39. The molecule has 2 atom stereocenters. The summed E-state index contributed by atoms with van der Waals surface area (Å²) in [7, 11) is 0. The molecule has 0 radical (unpaired) electrons. The van der Waals surface area contributed by atoms with Gasteiger partial charge in [-0.25, -0.2) is 9.99 Å². The summed E-state index contributed by atoms with van der Waals surface area (Å²) in [5.41, 5.74) is 5.77. The maximum atomic E-state index is 12.4. The summed E-state index contributed by atoms with van der Waals surface area (Å²) >= 11 is 12.2. The number of halogens is 2. The number of β-lactam (4-membered cyclic amide) rings is 1. The van der Waals surface area contributed by atoms with Gasteiger partial charge in [-0.3, -0.25) is 10.2 Å². The van der Waals surface area contributed by atoms with Crippen molar-refractivity contribution in [3.05, 3.63) is 59.1 Å². The van der Waals surface area contributed by atoms with Gasteiger partial charge in [0.2, 0.25) is 5.65 Å². The number of tetrazole rings is 1. The van der Waals surface area contributed by atoms with Crippen LogP contribution < -0.4 is 5.43 Å². The maximum absolute atomic E-state index is 12.4. The number of fused-ring (bicyclic) bond motifs is 3. The molecular formula is C17H11Cl2N7O. The van der Waals surface area contributed by atoms with Gasteiger partial charge in [-0.05, 0) is 40.3 Å². The standard InChI is InChI=1S/C17H11Cl2N7O/c18-10-7-5-9(6-8-10)14-13(19)17(27)26(14)22-15-16-21-23-24-25(16)12-4-2-1-3-11(12)20-15/h1-8,13-14H,(H,20,22). The van der Waals surface area contributed by atoms with E-state index in [1.165, 1.54) is 5.01 Å². The van der Waals surface area contributed by atoms with Crippen molar-refractivity contribution in [3.63, 3.8) is 0 Å². The monoisotopic (exact) mass is 399 g/mol. The number of hydrogen-bond donors (Lipinski definition) is 1. The van der Waals surface area contributed by atoms with Crippen molar-refractivity contribution in [2.45, 2.75) is 11.4 Å². The molecule has 27 heavy (non-hydrogen) atoms. The number of aromatic nitrogens is 5. The Morgan fingerprint density at radius 3 is 2.67 bits per heavy atom. The molecule has 10 heteroatoms. The second-order valence-electron chi connectivity index (χ2n) is 6.08. The second kappa shape index (κ2) is 6.04. The molecule has 4 aromatic rings. The molecule has 0 aliphatic carbocycles. The van der Waals surface area contributed by atoms with E-state index in [0.29, 0.717) is 22.0 Å². The molecule has 1 fully saturated rings. The third-order valence-electron chi connectivity index (χ3n) is 4.49. The van der Waals surface area contributed by atoms with Crippen molar-refractivity contribution in [1.82, 2.24) is 30.0 Å². The van der Waals surface area contributed by atoms with Crippen molar-refractivity contribution in [1.29, 1.82) is 0 Å². The van der Waals surface area contributed by atoms with Gasteiger partial charge in [0.05, 0.1) is 11.0 Å². The van der Waals surface area contributed by atoms with Crippen molar-refractivity contribution in [2.24, 2.45) is 0 Å². The summed E-state index contributed by atoms with van der Waals surface area (Å²) < 4.78 is 1.57. The molecule has 2 aromatic heterocycles. The van der Waals surface area contributed by atoms with E-state index in [1.807, 2.05) is 36.4 Å². The van der Waals surface area contributed by atoms with Crippen LogP contribution in [0.5, 0.6) is 0 Å². The van der Waals surface area contributed by atoms with Crippen LogP contribution in [-0.2, 0) is 4.79 Å². The van der Waals surface area contributed by atoms with Crippen molar-refractivity contribution in [3.8, 4) is 0 Å². The predicted molar refractivity (Wildman–Crippen MR) is 100 cm³/mol. The number of benzene rings is 2. The lowest BCUT2D eigenvalue weighted by Gasteiger charge is -2.44. The van der Waals surface area contributed by atoms with Gasteiger partial charge in [-0.2, -0.15) is 4.52 Å². The van der Waals surface area contributed by atoms with Crippen LogP contribution in [0.4, 0.5) is 5.82 Å². The van der Waals surface area contributed by atoms with E-state index in [1.54, 1.807) is 16.6 Å². The minimum atomic E-state index is -0.675. The highest BCUT2D eigenvalue weighted by atomic mass is 35.5. The van der Waals surface area contributed by atoms with Crippen molar-refractivity contribution in [2.75, 3.05) is 5.43 Å². The minimum absolute atomic E-state index is 0.253. The molecule has 1 saturated heterocycles. The maximum Gasteiger partial charge on any atom is 0.262 e. The summed E-state index contributed by atoms with van der Waals surface area (Å²) in [4.78, 5) is 16.9. The smallest absolute Gasteiger partial charge is 0.262 e. The minimum Gasteiger partial charge on any atom is -0.275 e. The zero-order valence-corrected chi connectivity index (χ0v) is 15.1. The topological polar surface area (TPSA) is 88.3 Å². The number of nitrogens with one attached hydrogen (secondary N) is 1. The van der Waals surface area contributed by atoms with Crippen LogP contribution in [0.15, 0.2) is 48.5 Å². The summed E-state index contributed by atoms with van der Waals surface area (Å²) in [6.07, 6.45) is 0. The Labute approximate surface area is 162 Å². The average molecular weight is 400 g/mol. The van der Waals surface area contributed by atoms with Crippen LogP contribution >= 0.6 is 23.2 Å². The van der Waals surface area contributed by atoms with Crippen LogP contribution in [0.3, 0.4) is 0 Å². The van der Waals surface area contributed by atoms with Gasteiger partial charge in [0.25, 0.3) is 5.91 Å². The van der Waals surface area contributed by atoms with Crippen LogP contribution in [0.2, 0.25) is 5.02 Å². The van der Waals surface area contributed by atoms with E-state index in [2.05, 4.69) is 25.9 Å². The summed E-state index contributed by atoms with van der Waals surface area (Å²) in [5, 5.41) is 13.1. The number of carbonyl (C=O) groups is 1. The number of hydrogen-bond acceptors (Lipinski definition) is 6. The molecule has 8 nitrogen and oxygen atoms in total. The van der Waals surface area contributed by atoms with Crippen LogP contribution in [-0.4, -0.2) is 41.3 Å². The Balaban J connectivity index is 1.56. The third-order valence-corrected chi connectivity index (χ3v) is 5.17. The number of para-hydroxylation sites is 2. The van der Waals surface area contributed by atoms with Crippen molar-refractivity contribution >= 4 is 51.6 Å². The summed E-state index contributed by atoms with van der Waals surface area (Å²) in [6, 6.07) is 14.3. The Kier molecular flexibility index (Phi) is 3.63. The zero-order valence-electron chi connectivity index (χ0n) is 13.6. The van der Waals surface area contributed by atoms with E-state index in [4.69, 9.17) is 23.2 Å². The molecule has 0 spiro atoms.